The average Bonchev–Trinajstić information content (AvgIpc) is 2.33. The molecule has 2 nitrogen and oxygen atoms in total. The Hall–Kier alpha value is -1.31. The van der Waals surface area contributed by atoms with Gasteiger partial charge < -0.3 is 4.74 Å². The Morgan fingerprint density at radius 1 is 1.64 bits per heavy atom. The van der Waals surface area contributed by atoms with Crippen molar-refractivity contribution in [3.63, 3.8) is 0 Å². The fourth-order valence-corrected chi connectivity index (χ4v) is 0.997. The van der Waals surface area contributed by atoms with E-state index < -0.39 is 12.9 Å². The lowest BCUT2D eigenvalue weighted by molar-refractivity contribution is 0.112. The van der Waals surface area contributed by atoms with Crippen molar-refractivity contribution in [3.05, 3.63) is 29.3 Å². The minimum absolute atomic E-state index is 0.00926. The molecule has 0 saturated carbocycles. The Morgan fingerprint density at radius 2 is 2.55 bits per heavy atom. The second-order valence-electron chi connectivity index (χ2n) is 2.17. The fourth-order valence-electron chi connectivity index (χ4n) is 0.997. The van der Waals surface area contributed by atoms with Crippen LogP contribution in [0.15, 0.2) is 18.2 Å². The Balaban J connectivity index is 2.70. The number of rotatable bonds is 1. The van der Waals surface area contributed by atoms with Crippen LogP contribution in [0.3, 0.4) is 0 Å². The van der Waals surface area contributed by atoms with E-state index in [1.165, 1.54) is 18.2 Å². The average molecular weight is 152 g/mol. The molecule has 1 aliphatic heterocycles. The summed E-state index contributed by atoms with van der Waals surface area (Å²) in [5.41, 5.74) is 0.115. The maximum Gasteiger partial charge on any atom is 0.150 e. The largest absolute Gasteiger partial charge is 0.493 e. The summed E-state index contributed by atoms with van der Waals surface area (Å²) in [6.45, 7) is -2.44. The van der Waals surface area contributed by atoms with Crippen molar-refractivity contribution in [2.75, 3.05) is 6.56 Å². The Morgan fingerprint density at radius 3 is 3.36 bits per heavy atom. The van der Waals surface area contributed by atoms with Gasteiger partial charge in [-0.15, -0.1) is 0 Å². The summed E-state index contributed by atoms with van der Waals surface area (Å²) >= 11 is 0. The SMILES string of the molecule is [2H]C1([2H])Oc2cccc(C=O)c2C1([2H])[2H]. The number of ether oxygens (including phenoxy) is 1. The molecule has 0 bridgehead atoms. The topological polar surface area (TPSA) is 26.3 Å². The van der Waals surface area contributed by atoms with Crippen LogP contribution in [-0.4, -0.2) is 12.8 Å². The monoisotopic (exact) mass is 152 g/mol. The summed E-state index contributed by atoms with van der Waals surface area (Å²) in [6, 6.07) is 4.42. The Labute approximate surface area is 70.4 Å². The van der Waals surface area contributed by atoms with Crippen molar-refractivity contribution in [1.29, 1.82) is 0 Å². The highest BCUT2D eigenvalue weighted by Gasteiger charge is 2.14. The molecule has 0 unspecified atom stereocenters. The molecule has 56 valence electrons. The summed E-state index contributed by atoms with van der Waals surface area (Å²) in [7, 11) is 0. The molecule has 0 radical (unpaired) electrons. The van der Waals surface area contributed by atoms with Gasteiger partial charge in [0.15, 0.2) is 0 Å². The molecule has 0 fully saturated rings. The molecule has 0 N–H and O–H groups in total. The van der Waals surface area contributed by atoms with Crippen molar-refractivity contribution in [2.24, 2.45) is 0 Å². The van der Waals surface area contributed by atoms with Crippen LogP contribution in [0.5, 0.6) is 5.75 Å². The maximum atomic E-state index is 10.7. The van der Waals surface area contributed by atoms with Gasteiger partial charge in [-0.25, -0.2) is 0 Å². The third-order valence-corrected chi connectivity index (χ3v) is 1.52. The van der Waals surface area contributed by atoms with E-state index in [0.717, 1.165) is 0 Å². The zero-order valence-corrected chi connectivity index (χ0v) is 5.63. The van der Waals surface area contributed by atoms with Crippen LogP contribution in [-0.2, 0) is 6.37 Å². The zero-order valence-electron chi connectivity index (χ0n) is 9.63. The molecular formula is C9H8O2. The van der Waals surface area contributed by atoms with Gasteiger partial charge >= 0.3 is 0 Å². The molecule has 11 heavy (non-hydrogen) atoms. The smallest absolute Gasteiger partial charge is 0.150 e. The van der Waals surface area contributed by atoms with Gasteiger partial charge in [0.1, 0.15) is 12.0 Å². The van der Waals surface area contributed by atoms with E-state index >= 15 is 0 Å². The van der Waals surface area contributed by atoms with Crippen molar-refractivity contribution in [1.82, 2.24) is 0 Å². The maximum absolute atomic E-state index is 10.7. The van der Waals surface area contributed by atoms with Crippen molar-refractivity contribution in [3.8, 4) is 5.75 Å². The van der Waals surface area contributed by atoms with Gasteiger partial charge in [0, 0.05) is 20.2 Å². The van der Waals surface area contributed by atoms with E-state index in [-0.39, 0.29) is 16.9 Å². The zero-order chi connectivity index (χ0) is 11.3. The molecule has 2 heteroatoms. The van der Waals surface area contributed by atoms with Crippen LogP contribution < -0.4 is 4.74 Å². The van der Waals surface area contributed by atoms with E-state index in [1.807, 2.05) is 0 Å². The lowest BCUT2D eigenvalue weighted by Crippen LogP contribution is -1.87. The third-order valence-electron chi connectivity index (χ3n) is 1.52. The quantitative estimate of drug-likeness (QED) is 0.569. The molecule has 0 spiro atoms. The number of carbonyl (C=O) groups is 1. The minimum Gasteiger partial charge on any atom is -0.493 e. The van der Waals surface area contributed by atoms with Crippen molar-refractivity contribution >= 4 is 6.29 Å². The molecule has 0 aliphatic carbocycles. The van der Waals surface area contributed by atoms with Crippen LogP contribution in [0.1, 0.15) is 21.4 Å². The van der Waals surface area contributed by atoms with Crippen LogP contribution >= 0.6 is 0 Å². The van der Waals surface area contributed by atoms with Crippen LogP contribution in [0.2, 0.25) is 0 Å². The highest BCUT2D eigenvalue weighted by atomic mass is 16.5. The summed E-state index contributed by atoms with van der Waals surface area (Å²) < 4.78 is 34.9. The molecular weight excluding hydrogens is 140 g/mol. The number of carbonyl (C=O) groups excluding carboxylic acids is 1. The third kappa shape index (κ3) is 0.909. The normalized spacial score (nSPS) is 28.4. The van der Waals surface area contributed by atoms with Gasteiger partial charge in [0.2, 0.25) is 0 Å². The van der Waals surface area contributed by atoms with Crippen molar-refractivity contribution in [2.45, 2.75) is 6.37 Å². The first-order valence-electron chi connectivity index (χ1n) is 5.18. The van der Waals surface area contributed by atoms with E-state index in [0.29, 0.717) is 6.29 Å². The molecule has 2 rings (SSSR count). The molecule has 1 aliphatic rings. The van der Waals surface area contributed by atoms with Gasteiger partial charge in [-0.05, 0) is 6.07 Å². The minimum atomic E-state index is -2.44. The predicted octanol–water partition coefficient (Wildman–Crippen LogP) is 1.43. The second-order valence-corrected chi connectivity index (χ2v) is 2.17. The van der Waals surface area contributed by atoms with Gasteiger partial charge in [0.25, 0.3) is 0 Å². The van der Waals surface area contributed by atoms with E-state index in [1.54, 1.807) is 0 Å². The van der Waals surface area contributed by atoms with Crippen LogP contribution in [0.25, 0.3) is 0 Å². The van der Waals surface area contributed by atoms with E-state index in [9.17, 15) is 4.79 Å². The first-order chi connectivity index (χ1) is 6.90. The van der Waals surface area contributed by atoms with E-state index in [4.69, 9.17) is 10.2 Å². The first-order valence-corrected chi connectivity index (χ1v) is 3.18. The molecule has 0 amide bonds. The van der Waals surface area contributed by atoms with E-state index in [2.05, 4.69) is 0 Å². The van der Waals surface area contributed by atoms with Crippen LogP contribution in [0, 0.1) is 0 Å². The fraction of sp³-hybridized carbons (Fsp3) is 0.222. The summed E-state index contributed by atoms with van der Waals surface area (Å²) in [5.74, 6) is 0.0922. The molecule has 0 aromatic heterocycles. The Kier molecular flexibility index (Phi) is 0.734. The predicted molar refractivity (Wildman–Crippen MR) is 41.0 cm³/mol. The highest BCUT2D eigenvalue weighted by Crippen LogP contribution is 2.26. The highest BCUT2D eigenvalue weighted by molar-refractivity contribution is 5.79. The summed E-state index contributed by atoms with van der Waals surface area (Å²) in [4.78, 5) is 10.7. The van der Waals surface area contributed by atoms with Crippen molar-refractivity contribution < 1.29 is 15.0 Å². The molecule has 0 atom stereocenters. The van der Waals surface area contributed by atoms with Gasteiger partial charge in [0.05, 0.1) is 9.30 Å². The molecule has 0 saturated heterocycles. The van der Waals surface area contributed by atoms with Gasteiger partial charge in [-0.3, -0.25) is 4.79 Å². The van der Waals surface area contributed by atoms with Gasteiger partial charge in [-0.1, -0.05) is 12.1 Å². The molecule has 1 aromatic rings. The first kappa shape index (κ1) is 3.39. The standard InChI is InChI=1S/C9H8O2/c10-6-7-2-1-3-9-8(7)4-5-11-9/h1-3,6H,4-5H2/i4D2,5D2. The summed E-state index contributed by atoms with van der Waals surface area (Å²) in [5, 5.41) is 0. The lowest BCUT2D eigenvalue weighted by Gasteiger charge is -1.98. The van der Waals surface area contributed by atoms with Crippen LogP contribution in [0.4, 0.5) is 0 Å². The number of aldehydes is 1. The number of benzene rings is 1. The lowest BCUT2D eigenvalue weighted by atomic mass is 10.1. The number of hydrogen-bond donors (Lipinski definition) is 0. The molecule has 1 heterocycles. The number of fused-ring (bicyclic) bond motifs is 1. The van der Waals surface area contributed by atoms with Gasteiger partial charge in [-0.2, -0.15) is 0 Å². The second kappa shape index (κ2) is 2.38. The Bertz CT molecular complexity index is 428. The number of hydrogen-bond acceptors (Lipinski definition) is 2. The molecule has 1 aromatic carbocycles. The summed E-state index contributed by atoms with van der Waals surface area (Å²) in [6.07, 6.45) is -1.80.